The number of aromatic nitrogens is 1. The number of fused-ring (bicyclic) bond motifs is 1. The molecule has 1 aliphatic heterocycles. The molecule has 0 amide bonds. The predicted molar refractivity (Wildman–Crippen MR) is 43.1 cm³/mol. The van der Waals surface area contributed by atoms with Crippen molar-refractivity contribution >= 4 is 16.5 Å². The van der Waals surface area contributed by atoms with Crippen LogP contribution in [0.4, 0.5) is 5.13 Å². The molecular formula is C7H6N2S. The molecule has 0 saturated heterocycles. The van der Waals surface area contributed by atoms with Gasteiger partial charge in [0.1, 0.15) is 0 Å². The molecule has 0 radical (unpaired) electrons. The molecule has 0 spiro atoms. The van der Waals surface area contributed by atoms with Crippen LogP contribution in [0.15, 0.2) is 24.4 Å². The summed E-state index contributed by atoms with van der Waals surface area (Å²) in [6, 6.07) is 6.07. The van der Waals surface area contributed by atoms with Crippen LogP contribution in [0.25, 0.3) is 10.4 Å². The molecule has 1 aliphatic carbocycles. The van der Waals surface area contributed by atoms with E-state index in [1.54, 1.807) is 6.20 Å². The Morgan fingerprint density at radius 3 is 3.20 bits per heavy atom. The van der Waals surface area contributed by atoms with Gasteiger partial charge in [0.25, 0.3) is 0 Å². The first-order chi connectivity index (χ1) is 4.86. The van der Waals surface area contributed by atoms with Crippen molar-refractivity contribution in [3.63, 3.8) is 0 Å². The van der Waals surface area contributed by atoms with E-state index in [0.29, 0.717) is 5.13 Å². The van der Waals surface area contributed by atoms with E-state index in [-0.39, 0.29) is 0 Å². The van der Waals surface area contributed by atoms with Crippen molar-refractivity contribution in [3.05, 3.63) is 24.4 Å². The second-order valence-electron chi connectivity index (χ2n) is 2.04. The van der Waals surface area contributed by atoms with Gasteiger partial charge in [-0.3, -0.25) is 0 Å². The largest absolute Gasteiger partial charge is 0.375 e. The van der Waals surface area contributed by atoms with E-state index in [0.717, 1.165) is 0 Å². The lowest BCUT2D eigenvalue weighted by Crippen LogP contribution is -1.85. The molecule has 0 aromatic rings. The first-order valence-corrected chi connectivity index (χ1v) is 3.78. The SMILES string of the molecule is Nc1ncc2cccc-2s1. The van der Waals surface area contributed by atoms with Crippen LogP contribution in [0, 0.1) is 0 Å². The van der Waals surface area contributed by atoms with E-state index in [1.165, 1.54) is 21.8 Å². The van der Waals surface area contributed by atoms with Crippen LogP contribution in [-0.2, 0) is 0 Å². The Bertz CT molecular complexity index is 315. The predicted octanol–water partition coefficient (Wildman–Crippen LogP) is 1.83. The standard InChI is InChI=1S/C7H6N2S/c8-7-9-4-5-2-1-3-6(5)10-7/h1-4H,(H2,8,9). The van der Waals surface area contributed by atoms with Gasteiger partial charge >= 0.3 is 0 Å². The number of nitrogens with zero attached hydrogens (tertiary/aromatic N) is 1. The smallest absolute Gasteiger partial charge is 0.180 e. The third kappa shape index (κ3) is 0.752. The molecule has 10 heavy (non-hydrogen) atoms. The molecule has 2 rings (SSSR count). The fourth-order valence-corrected chi connectivity index (χ4v) is 1.61. The highest BCUT2D eigenvalue weighted by Crippen LogP contribution is 2.28. The summed E-state index contributed by atoms with van der Waals surface area (Å²) in [7, 11) is 0. The van der Waals surface area contributed by atoms with Crippen molar-refractivity contribution < 1.29 is 0 Å². The average Bonchev–Trinajstić information content (AvgIpc) is 2.33. The highest BCUT2D eigenvalue weighted by atomic mass is 32.1. The second-order valence-corrected chi connectivity index (χ2v) is 3.11. The summed E-state index contributed by atoms with van der Waals surface area (Å²) >= 11 is 1.52. The number of nitrogen functional groups attached to an aromatic ring is 1. The minimum atomic E-state index is 0.624. The molecular weight excluding hydrogens is 144 g/mol. The van der Waals surface area contributed by atoms with Crippen LogP contribution >= 0.6 is 11.3 Å². The molecule has 0 atom stereocenters. The Morgan fingerprint density at radius 2 is 2.30 bits per heavy atom. The van der Waals surface area contributed by atoms with Crippen LogP contribution < -0.4 is 5.73 Å². The van der Waals surface area contributed by atoms with Crippen LogP contribution in [0.2, 0.25) is 0 Å². The Morgan fingerprint density at radius 1 is 1.40 bits per heavy atom. The van der Waals surface area contributed by atoms with E-state index in [1.807, 2.05) is 18.2 Å². The van der Waals surface area contributed by atoms with Gasteiger partial charge in [-0.1, -0.05) is 23.5 Å². The Hall–Kier alpha value is -1.09. The zero-order chi connectivity index (χ0) is 6.97. The molecule has 2 aliphatic rings. The molecule has 0 bridgehead atoms. The summed E-state index contributed by atoms with van der Waals surface area (Å²) in [5.41, 5.74) is 6.66. The van der Waals surface area contributed by atoms with Crippen molar-refractivity contribution in [2.24, 2.45) is 0 Å². The van der Waals surface area contributed by atoms with Gasteiger partial charge in [-0.2, -0.15) is 0 Å². The molecule has 0 aromatic carbocycles. The first-order valence-electron chi connectivity index (χ1n) is 2.96. The maximum Gasteiger partial charge on any atom is 0.180 e. The number of hydrogen-bond donors (Lipinski definition) is 1. The Kier molecular flexibility index (Phi) is 1.11. The van der Waals surface area contributed by atoms with Gasteiger partial charge in [-0.05, 0) is 6.07 Å². The van der Waals surface area contributed by atoms with E-state index in [2.05, 4.69) is 4.98 Å². The van der Waals surface area contributed by atoms with Crippen LogP contribution in [0.5, 0.6) is 0 Å². The van der Waals surface area contributed by atoms with Gasteiger partial charge in [0.15, 0.2) is 5.13 Å². The number of anilines is 1. The van der Waals surface area contributed by atoms with Crippen LogP contribution in [0.1, 0.15) is 0 Å². The Labute approximate surface area is 62.7 Å². The summed E-state index contributed by atoms with van der Waals surface area (Å²) in [6.45, 7) is 0. The molecule has 2 nitrogen and oxygen atoms in total. The van der Waals surface area contributed by atoms with Crippen LogP contribution in [-0.4, -0.2) is 4.98 Å². The van der Waals surface area contributed by atoms with Crippen molar-refractivity contribution in [3.8, 4) is 10.4 Å². The number of rotatable bonds is 0. The van der Waals surface area contributed by atoms with E-state index < -0.39 is 0 Å². The molecule has 2 N–H and O–H groups in total. The fraction of sp³-hybridized carbons (Fsp3) is 0. The molecule has 3 heteroatoms. The fourth-order valence-electron chi connectivity index (χ4n) is 0.889. The zero-order valence-corrected chi connectivity index (χ0v) is 6.06. The minimum absolute atomic E-state index is 0.624. The summed E-state index contributed by atoms with van der Waals surface area (Å²) in [5, 5.41) is 0.624. The summed E-state index contributed by atoms with van der Waals surface area (Å²) in [5.74, 6) is 0. The highest BCUT2D eigenvalue weighted by Gasteiger charge is 2.01. The lowest BCUT2D eigenvalue weighted by molar-refractivity contribution is 1.40. The lowest BCUT2D eigenvalue weighted by Gasteiger charge is -1.95. The maximum atomic E-state index is 5.49. The van der Waals surface area contributed by atoms with Gasteiger partial charge in [-0.15, -0.1) is 0 Å². The Balaban J connectivity index is 2.75. The first kappa shape index (κ1) is 5.68. The van der Waals surface area contributed by atoms with Crippen molar-refractivity contribution in [2.45, 2.75) is 0 Å². The minimum Gasteiger partial charge on any atom is -0.375 e. The van der Waals surface area contributed by atoms with Gasteiger partial charge < -0.3 is 5.73 Å². The topological polar surface area (TPSA) is 38.9 Å². The van der Waals surface area contributed by atoms with Crippen molar-refractivity contribution in [1.29, 1.82) is 0 Å². The second kappa shape index (κ2) is 1.95. The third-order valence-electron chi connectivity index (χ3n) is 1.35. The van der Waals surface area contributed by atoms with Gasteiger partial charge in [0.05, 0.1) is 0 Å². The van der Waals surface area contributed by atoms with Gasteiger partial charge in [0.2, 0.25) is 0 Å². The molecule has 0 unspecified atom stereocenters. The van der Waals surface area contributed by atoms with Gasteiger partial charge in [-0.25, -0.2) is 4.98 Å². The summed E-state index contributed by atoms with van der Waals surface area (Å²) < 4.78 is 0. The van der Waals surface area contributed by atoms with Crippen LogP contribution in [0.3, 0.4) is 0 Å². The molecule has 0 fully saturated rings. The summed E-state index contributed by atoms with van der Waals surface area (Å²) in [4.78, 5) is 5.18. The summed E-state index contributed by atoms with van der Waals surface area (Å²) in [6.07, 6.45) is 1.79. The average molecular weight is 150 g/mol. The van der Waals surface area contributed by atoms with E-state index >= 15 is 0 Å². The van der Waals surface area contributed by atoms with Crippen molar-refractivity contribution in [2.75, 3.05) is 5.73 Å². The molecule has 0 aromatic heterocycles. The zero-order valence-electron chi connectivity index (χ0n) is 5.24. The monoisotopic (exact) mass is 150 g/mol. The van der Waals surface area contributed by atoms with Gasteiger partial charge in [0, 0.05) is 16.6 Å². The maximum absolute atomic E-state index is 5.49. The molecule has 0 saturated carbocycles. The van der Waals surface area contributed by atoms with Crippen molar-refractivity contribution in [1.82, 2.24) is 4.98 Å². The number of hydrogen-bond acceptors (Lipinski definition) is 3. The molecule has 1 heterocycles. The number of nitrogens with two attached hydrogens (primary N) is 1. The normalized spacial score (nSPS) is 10.4. The third-order valence-corrected chi connectivity index (χ3v) is 2.26. The highest BCUT2D eigenvalue weighted by molar-refractivity contribution is 7.18. The van der Waals surface area contributed by atoms with E-state index in [4.69, 9.17) is 5.73 Å². The molecule has 50 valence electrons. The quantitative estimate of drug-likeness (QED) is 0.622. The lowest BCUT2D eigenvalue weighted by atomic mass is 10.3. The van der Waals surface area contributed by atoms with E-state index in [9.17, 15) is 0 Å².